The second kappa shape index (κ2) is 3.31. The quantitative estimate of drug-likeness (QED) is 0.717. The molecular formula is C11H9N3O3. The second-order valence-corrected chi connectivity index (χ2v) is 3.85. The van der Waals surface area contributed by atoms with Crippen LogP contribution in [0.15, 0.2) is 22.7 Å². The summed E-state index contributed by atoms with van der Waals surface area (Å²) < 4.78 is 5.54. The van der Waals surface area contributed by atoms with Crippen molar-refractivity contribution >= 4 is 22.9 Å². The molecule has 1 aliphatic heterocycles. The number of carbonyl (C=O) groups is 2. The van der Waals surface area contributed by atoms with Gasteiger partial charge in [-0.15, -0.1) is 0 Å². The van der Waals surface area contributed by atoms with Crippen molar-refractivity contribution in [3.8, 4) is 0 Å². The first kappa shape index (κ1) is 9.83. The Morgan fingerprint density at radius 3 is 2.88 bits per heavy atom. The van der Waals surface area contributed by atoms with E-state index in [-0.39, 0.29) is 0 Å². The average molecular weight is 231 g/mol. The second-order valence-electron chi connectivity index (χ2n) is 3.85. The van der Waals surface area contributed by atoms with Crippen molar-refractivity contribution in [1.82, 2.24) is 15.6 Å². The number of carbonyl (C=O) groups excluding carboxylic acids is 2. The number of imide groups is 1. The zero-order valence-corrected chi connectivity index (χ0v) is 8.98. The Bertz CT molecular complexity index is 632. The number of amides is 3. The highest BCUT2D eigenvalue weighted by molar-refractivity contribution is 6.04. The van der Waals surface area contributed by atoms with Crippen LogP contribution in [0.25, 0.3) is 11.0 Å². The van der Waals surface area contributed by atoms with Gasteiger partial charge in [0.2, 0.25) is 0 Å². The molecule has 86 valence electrons. The molecule has 1 aliphatic rings. The molecule has 0 bridgehead atoms. The number of hydrogen-bond acceptors (Lipinski definition) is 4. The van der Waals surface area contributed by atoms with Crippen molar-refractivity contribution in [3.05, 3.63) is 29.8 Å². The minimum Gasteiger partial charge on any atom is -0.458 e. The standard InChI is InChI=1S/C11H9N3O3/c1-5-6-4-8(17-7(6)2-3-12-5)9-10(15)14-11(16)13-9/h2-4,9H,1H3,(H2,13,14,15,16)/t9-/m0/s1. The summed E-state index contributed by atoms with van der Waals surface area (Å²) in [4.78, 5) is 26.6. The third kappa shape index (κ3) is 1.45. The summed E-state index contributed by atoms with van der Waals surface area (Å²) in [5, 5.41) is 5.49. The van der Waals surface area contributed by atoms with Crippen LogP contribution in [-0.2, 0) is 4.79 Å². The molecule has 2 aromatic heterocycles. The summed E-state index contributed by atoms with van der Waals surface area (Å²) in [6.45, 7) is 1.86. The van der Waals surface area contributed by atoms with Crippen LogP contribution >= 0.6 is 0 Å². The molecule has 17 heavy (non-hydrogen) atoms. The Hall–Kier alpha value is -2.37. The van der Waals surface area contributed by atoms with Gasteiger partial charge in [0.05, 0.1) is 0 Å². The zero-order valence-electron chi connectivity index (χ0n) is 8.98. The molecule has 3 rings (SSSR count). The van der Waals surface area contributed by atoms with Crippen LogP contribution in [0.4, 0.5) is 4.79 Å². The van der Waals surface area contributed by atoms with Crippen LogP contribution in [-0.4, -0.2) is 16.9 Å². The van der Waals surface area contributed by atoms with Crippen LogP contribution in [0.1, 0.15) is 17.5 Å². The van der Waals surface area contributed by atoms with Crippen LogP contribution < -0.4 is 10.6 Å². The molecule has 3 heterocycles. The van der Waals surface area contributed by atoms with E-state index in [1.54, 1.807) is 18.3 Å². The highest BCUT2D eigenvalue weighted by atomic mass is 16.3. The number of nitrogens with one attached hydrogen (secondary N) is 2. The van der Waals surface area contributed by atoms with Gasteiger partial charge in [0.1, 0.15) is 11.3 Å². The van der Waals surface area contributed by atoms with Crippen LogP contribution in [0, 0.1) is 6.92 Å². The lowest BCUT2D eigenvalue weighted by Crippen LogP contribution is -2.22. The molecular weight excluding hydrogens is 222 g/mol. The fourth-order valence-electron chi connectivity index (χ4n) is 1.88. The molecule has 6 nitrogen and oxygen atoms in total. The predicted octanol–water partition coefficient (Wildman–Crippen LogP) is 1.02. The topological polar surface area (TPSA) is 84.2 Å². The van der Waals surface area contributed by atoms with Crippen molar-refractivity contribution in [2.45, 2.75) is 13.0 Å². The summed E-state index contributed by atoms with van der Waals surface area (Å²) in [5.41, 5.74) is 1.48. The van der Waals surface area contributed by atoms with E-state index in [9.17, 15) is 9.59 Å². The van der Waals surface area contributed by atoms with Crippen molar-refractivity contribution in [3.63, 3.8) is 0 Å². The third-order valence-corrected chi connectivity index (χ3v) is 2.72. The van der Waals surface area contributed by atoms with Gasteiger partial charge in [0.25, 0.3) is 5.91 Å². The minimum absolute atomic E-state index is 0.403. The maximum atomic E-state index is 11.5. The van der Waals surface area contributed by atoms with E-state index in [4.69, 9.17) is 4.42 Å². The summed E-state index contributed by atoms with van der Waals surface area (Å²) in [5.74, 6) is 0.0131. The number of rotatable bonds is 1. The molecule has 0 radical (unpaired) electrons. The van der Waals surface area contributed by atoms with Gasteiger partial charge in [-0.25, -0.2) is 4.79 Å². The van der Waals surface area contributed by atoms with Gasteiger partial charge in [-0.2, -0.15) is 0 Å². The van der Waals surface area contributed by atoms with Crippen LogP contribution in [0.2, 0.25) is 0 Å². The lowest BCUT2D eigenvalue weighted by atomic mass is 10.2. The lowest BCUT2D eigenvalue weighted by molar-refractivity contribution is -0.120. The molecule has 1 atom stereocenters. The first-order chi connectivity index (χ1) is 8.15. The Balaban J connectivity index is 2.10. The smallest absolute Gasteiger partial charge is 0.322 e. The maximum absolute atomic E-state index is 11.5. The van der Waals surface area contributed by atoms with Gasteiger partial charge in [-0.3, -0.25) is 15.1 Å². The normalized spacial score (nSPS) is 19.5. The Labute approximate surface area is 96.0 Å². The summed E-state index contributed by atoms with van der Waals surface area (Å²) in [6, 6.07) is 2.19. The molecule has 0 unspecified atom stereocenters. The number of aromatic nitrogens is 1. The molecule has 2 N–H and O–H groups in total. The fourth-order valence-corrected chi connectivity index (χ4v) is 1.88. The molecule has 2 aromatic rings. The molecule has 3 amide bonds. The molecule has 6 heteroatoms. The number of aryl methyl sites for hydroxylation is 1. The molecule has 0 saturated carbocycles. The summed E-state index contributed by atoms with van der Waals surface area (Å²) >= 11 is 0. The van der Waals surface area contributed by atoms with Gasteiger partial charge in [0, 0.05) is 17.3 Å². The number of hydrogen-bond donors (Lipinski definition) is 2. The minimum atomic E-state index is -0.755. The summed E-state index contributed by atoms with van der Waals surface area (Å²) in [7, 11) is 0. The van der Waals surface area contributed by atoms with E-state index in [2.05, 4.69) is 15.6 Å². The molecule has 0 aliphatic carbocycles. The maximum Gasteiger partial charge on any atom is 0.322 e. The lowest BCUT2D eigenvalue weighted by Gasteiger charge is -2.00. The summed E-state index contributed by atoms with van der Waals surface area (Å²) in [6.07, 6.45) is 1.64. The van der Waals surface area contributed by atoms with Gasteiger partial charge in [-0.05, 0) is 19.1 Å². The number of nitrogens with zero attached hydrogens (tertiary/aromatic N) is 1. The van der Waals surface area contributed by atoms with E-state index < -0.39 is 18.0 Å². The van der Waals surface area contributed by atoms with E-state index in [0.29, 0.717) is 11.3 Å². The SMILES string of the molecule is Cc1nccc2oc([C@@H]3NC(=O)NC3=O)cc12. The van der Waals surface area contributed by atoms with E-state index >= 15 is 0 Å². The Morgan fingerprint density at radius 1 is 1.41 bits per heavy atom. The van der Waals surface area contributed by atoms with Crippen molar-refractivity contribution < 1.29 is 14.0 Å². The molecule has 0 aromatic carbocycles. The van der Waals surface area contributed by atoms with Crippen LogP contribution in [0.3, 0.4) is 0 Å². The van der Waals surface area contributed by atoms with Gasteiger partial charge < -0.3 is 9.73 Å². The monoisotopic (exact) mass is 231 g/mol. The Kier molecular flexibility index (Phi) is 1.91. The number of furan rings is 1. The van der Waals surface area contributed by atoms with Gasteiger partial charge in [-0.1, -0.05) is 0 Å². The van der Waals surface area contributed by atoms with E-state index in [0.717, 1.165) is 11.1 Å². The van der Waals surface area contributed by atoms with E-state index in [1.165, 1.54) is 0 Å². The Morgan fingerprint density at radius 2 is 2.24 bits per heavy atom. The van der Waals surface area contributed by atoms with E-state index in [1.807, 2.05) is 6.92 Å². The van der Waals surface area contributed by atoms with Gasteiger partial charge in [0.15, 0.2) is 6.04 Å². The molecule has 1 saturated heterocycles. The number of urea groups is 1. The molecule has 1 fully saturated rings. The first-order valence-corrected chi connectivity index (χ1v) is 5.11. The number of fused-ring (bicyclic) bond motifs is 1. The van der Waals surface area contributed by atoms with Crippen molar-refractivity contribution in [2.24, 2.45) is 0 Å². The van der Waals surface area contributed by atoms with Crippen molar-refractivity contribution in [1.29, 1.82) is 0 Å². The zero-order chi connectivity index (χ0) is 12.0. The third-order valence-electron chi connectivity index (χ3n) is 2.72. The number of pyridine rings is 1. The van der Waals surface area contributed by atoms with Gasteiger partial charge >= 0.3 is 6.03 Å². The van der Waals surface area contributed by atoms with Crippen LogP contribution in [0.5, 0.6) is 0 Å². The molecule has 0 spiro atoms. The fraction of sp³-hybridized carbons (Fsp3) is 0.182. The predicted molar refractivity (Wildman–Crippen MR) is 58.2 cm³/mol. The highest BCUT2D eigenvalue weighted by Crippen LogP contribution is 2.26. The average Bonchev–Trinajstić information content (AvgIpc) is 2.82. The largest absolute Gasteiger partial charge is 0.458 e. The highest BCUT2D eigenvalue weighted by Gasteiger charge is 2.33. The first-order valence-electron chi connectivity index (χ1n) is 5.11. The van der Waals surface area contributed by atoms with Crippen molar-refractivity contribution in [2.75, 3.05) is 0 Å².